The molecule has 0 heterocycles. The lowest BCUT2D eigenvalue weighted by molar-refractivity contribution is 0.446. The molecule has 0 aromatic heterocycles. The summed E-state index contributed by atoms with van der Waals surface area (Å²) in [6.45, 7) is 0. The van der Waals surface area contributed by atoms with E-state index in [1.807, 2.05) is 0 Å². The second-order valence-electron chi connectivity index (χ2n) is 1.86. The summed E-state index contributed by atoms with van der Waals surface area (Å²) in [7, 11) is 1.39. The zero-order valence-corrected chi connectivity index (χ0v) is 7.48. The number of hydrogen-bond donors (Lipinski definition) is 0. The van der Waals surface area contributed by atoms with Gasteiger partial charge in [0.05, 0.1) is 12.0 Å². The van der Waals surface area contributed by atoms with Crippen molar-refractivity contribution < 1.29 is 8.39 Å². The molecule has 1 aromatic carbocycles. The smallest absolute Gasteiger partial charge is 0.188 e. The Balaban J connectivity index is 2.90. The molecule has 0 saturated carbocycles. The van der Waals surface area contributed by atoms with Crippen molar-refractivity contribution >= 4 is 22.7 Å². The summed E-state index contributed by atoms with van der Waals surface area (Å²) in [6.07, 6.45) is 0. The van der Waals surface area contributed by atoms with Gasteiger partial charge in [0.2, 0.25) is 0 Å². The zero-order valence-electron chi connectivity index (χ0n) is 5.91. The van der Waals surface area contributed by atoms with E-state index in [0.717, 1.165) is 0 Å². The van der Waals surface area contributed by atoms with Crippen LogP contribution in [0, 0.1) is 0 Å². The van der Waals surface area contributed by atoms with Crippen LogP contribution in [0.3, 0.4) is 0 Å². The molecule has 11 heavy (non-hydrogen) atoms. The van der Waals surface area contributed by atoms with Gasteiger partial charge in [0.25, 0.3) is 0 Å². The molecule has 1 rings (SSSR count). The van der Waals surface area contributed by atoms with Crippen LogP contribution in [0.1, 0.15) is 0 Å². The normalized spacial score (nSPS) is 12.9. The first-order valence-electron chi connectivity index (χ1n) is 2.96. The third-order valence-electron chi connectivity index (χ3n) is 1.16. The molecule has 0 aliphatic carbocycles. The lowest BCUT2D eigenvalue weighted by Crippen LogP contribution is -1.91. The summed E-state index contributed by atoms with van der Waals surface area (Å²) >= 11 is 4.26. The lowest BCUT2D eigenvalue weighted by atomic mass is 10.4. The van der Waals surface area contributed by atoms with Crippen LogP contribution in [0.15, 0.2) is 29.2 Å². The first-order chi connectivity index (χ1) is 5.24. The fourth-order valence-corrected chi connectivity index (χ4v) is 1.32. The van der Waals surface area contributed by atoms with Gasteiger partial charge in [-0.1, -0.05) is 11.6 Å². The summed E-state index contributed by atoms with van der Waals surface area (Å²) in [6, 6.07) is 6.69. The van der Waals surface area contributed by atoms with Crippen molar-refractivity contribution in [2.75, 3.05) is 7.11 Å². The topological polar surface area (TPSA) is 26.3 Å². The van der Waals surface area contributed by atoms with Gasteiger partial charge in [-0.15, -0.1) is 0 Å². The fourth-order valence-electron chi connectivity index (χ4n) is 0.642. The second kappa shape index (κ2) is 3.85. The van der Waals surface area contributed by atoms with Crippen molar-refractivity contribution in [1.29, 1.82) is 0 Å². The van der Waals surface area contributed by atoms with Crippen LogP contribution in [0.2, 0.25) is 5.02 Å². The summed E-state index contributed by atoms with van der Waals surface area (Å²) in [5.74, 6) is 0. The molecule has 0 radical (unpaired) electrons. The maximum atomic E-state index is 11.0. The Morgan fingerprint density at radius 3 is 2.36 bits per heavy atom. The van der Waals surface area contributed by atoms with Gasteiger partial charge in [-0.05, 0) is 24.3 Å². The standard InChI is InChI=1S/C7H7ClO2S/c1-10-11(9)7-4-2-6(8)3-5-7/h2-5H,1H3/t11-/m0/s1. The summed E-state index contributed by atoms with van der Waals surface area (Å²) < 4.78 is 15.6. The van der Waals surface area contributed by atoms with E-state index in [0.29, 0.717) is 9.92 Å². The van der Waals surface area contributed by atoms with E-state index in [1.54, 1.807) is 24.3 Å². The average Bonchev–Trinajstić information content (AvgIpc) is 2.05. The predicted octanol–water partition coefficient (Wildman–Crippen LogP) is 2.01. The minimum Gasteiger partial charge on any atom is -0.290 e. The predicted molar refractivity (Wildman–Crippen MR) is 44.9 cm³/mol. The second-order valence-corrected chi connectivity index (χ2v) is 3.57. The summed E-state index contributed by atoms with van der Waals surface area (Å²) in [5, 5.41) is 0.627. The number of rotatable bonds is 2. The molecule has 0 spiro atoms. The highest BCUT2D eigenvalue weighted by atomic mass is 35.5. The van der Waals surface area contributed by atoms with Crippen LogP contribution in [-0.2, 0) is 15.3 Å². The van der Waals surface area contributed by atoms with Crippen LogP contribution in [0.25, 0.3) is 0 Å². The van der Waals surface area contributed by atoms with Crippen LogP contribution in [0.5, 0.6) is 0 Å². The molecule has 0 unspecified atom stereocenters. The van der Waals surface area contributed by atoms with Gasteiger partial charge >= 0.3 is 0 Å². The van der Waals surface area contributed by atoms with E-state index in [1.165, 1.54) is 7.11 Å². The third kappa shape index (κ3) is 2.29. The van der Waals surface area contributed by atoms with Gasteiger partial charge in [0, 0.05) is 5.02 Å². The van der Waals surface area contributed by atoms with Gasteiger partial charge in [0.15, 0.2) is 11.1 Å². The largest absolute Gasteiger partial charge is 0.290 e. The number of benzene rings is 1. The Hall–Kier alpha value is -0.380. The summed E-state index contributed by atoms with van der Waals surface area (Å²) in [4.78, 5) is 0.622. The zero-order chi connectivity index (χ0) is 8.27. The van der Waals surface area contributed by atoms with Crippen molar-refractivity contribution in [2.24, 2.45) is 0 Å². The van der Waals surface area contributed by atoms with E-state index >= 15 is 0 Å². The van der Waals surface area contributed by atoms with E-state index in [-0.39, 0.29) is 0 Å². The van der Waals surface area contributed by atoms with Crippen LogP contribution >= 0.6 is 11.6 Å². The molecule has 0 fully saturated rings. The Morgan fingerprint density at radius 2 is 1.91 bits per heavy atom. The van der Waals surface area contributed by atoms with Gasteiger partial charge < -0.3 is 0 Å². The van der Waals surface area contributed by atoms with E-state index in [2.05, 4.69) is 4.18 Å². The third-order valence-corrected chi connectivity index (χ3v) is 2.37. The van der Waals surface area contributed by atoms with Crippen molar-refractivity contribution in [1.82, 2.24) is 0 Å². The van der Waals surface area contributed by atoms with Gasteiger partial charge in [-0.2, -0.15) is 0 Å². The first-order valence-corrected chi connectivity index (χ1v) is 4.41. The Bertz CT molecular complexity index is 258. The Kier molecular flexibility index (Phi) is 3.05. The van der Waals surface area contributed by atoms with E-state index in [9.17, 15) is 4.21 Å². The lowest BCUT2D eigenvalue weighted by Gasteiger charge is -1.96. The number of hydrogen-bond acceptors (Lipinski definition) is 2. The first kappa shape index (κ1) is 8.71. The molecular weight excluding hydrogens is 184 g/mol. The highest BCUT2D eigenvalue weighted by Gasteiger charge is 1.99. The molecule has 4 heteroatoms. The average molecular weight is 191 g/mol. The molecule has 0 N–H and O–H groups in total. The van der Waals surface area contributed by atoms with E-state index in [4.69, 9.17) is 11.6 Å². The Labute approximate surface area is 72.8 Å². The highest BCUT2D eigenvalue weighted by Crippen LogP contribution is 2.12. The SMILES string of the molecule is CO[S@](=O)c1ccc(Cl)cc1. The molecule has 1 atom stereocenters. The molecule has 60 valence electrons. The molecule has 0 amide bonds. The molecule has 1 aromatic rings. The molecule has 0 aliphatic rings. The maximum Gasteiger partial charge on any atom is 0.188 e. The Morgan fingerprint density at radius 1 is 1.36 bits per heavy atom. The van der Waals surface area contributed by atoms with Crippen molar-refractivity contribution in [3.05, 3.63) is 29.3 Å². The van der Waals surface area contributed by atoms with Gasteiger partial charge in [-0.25, -0.2) is 4.21 Å². The van der Waals surface area contributed by atoms with Gasteiger partial charge in [0.1, 0.15) is 0 Å². The monoisotopic (exact) mass is 190 g/mol. The van der Waals surface area contributed by atoms with Crippen molar-refractivity contribution in [2.45, 2.75) is 4.90 Å². The maximum absolute atomic E-state index is 11.0. The highest BCUT2D eigenvalue weighted by molar-refractivity contribution is 7.80. The van der Waals surface area contributed by atoms with E-state index < -0.39 is 11.1 Å². The minimum atomic E-state index is -1.36. The molecular formula is C7H7ClO2S. The quantitative estimate of drug-likeness (QED) is 0.713. The van der Waals surface area contributed by atoms with Crippen LogP contribution in [-0.4, -0.2) is 11.3 Å². The summed E-state index contributed by atoms with van der Waals surface area (Å²) in [5.41, 5.74) is 0. The molecule has 0 bridgehead atoms. The van der Waals surface area contributed by atoms with Crippen molar-refractivity contribution in [3.8, 4) is 0 Å². The number of halogens is 1. The van der Waals surface area contributed by atoms with Crippen molar-refractivity contribution in [3.63, 3.8) is 0 Å². The molecule has 0 aliphatic heterocycles. The molecule has 2 nitrogen and oxygen atoms in total. The molecule has 0 saturated heterocycles. The fraction of sp³-hybridized carbons (Fsp3) is 0.143. The van der Waals surface area contributed by atoms with Crippen LogP contribution in [0.4, 0.5) is 0 Å². The van der Waals surface area contributed by atoms with Gasteiger partial charge in [-0.3, -0.25) is 4.18 Å². The minimum absolute atomic E-state index is 0.622. The van der Waals surface area contributed by atoms with Crippen LogP contribution < -0.4 is 0 Å².